The summed E-state index contributed by atoms with van der Waals surface area (Å²) in [6.45, 7) is 0.507. The zero-order valence-electron chi connectivity index (χ0n) is 8.90. The third-order valence-corrected chi connectivity index (χ3v) is 6.72. The highest BCUT2D eigenvalue weighted by Crippen LogP contribution is 2.27. The van der Waals surface area contributed by atoms with Crippen LogP contribution >= 0.6 is 39.0 Å². The Bertz CT molecular complexity index is 416. The Morgan fingerprint density at radius 3 is 2.81 bits per heavy atom. The molecule has 7 heteroatoms. The van der Waals surface area contributed by atoms with Crippen molar-refractivity contribution in [2.75, 3.05) is 18.6 Å². The van der Waals surface area contributed by atoms with Crippen LogP contribution in [0.1, 0.15) is 12.8 Å². The molecule has 1 N–H and O–H groups in total. The summed E-state index contributed by atoms with van der Waals surface area (Å²) >= 11 is 6.22. The second-order valence-electron chi connectivity index (χ2n) is 3.15. The first-order chi connectivity index (χ1) is 7.58. The van der Waals surface area contributed by atoms with Gasteiger partial charge in [-0.2, -0.15) is 11.8 Å². The number of thioether (sulfide) groups is 1. The molecule has 1 aromatic heterocycles. The van der Waals surface area contributed by atoms with Gasteiger partial charge in [-0.3, -0.25) is 0 Å². The lowest BCUT2D eigenvalue weighted by Crippen LogP contribution is -2.24. The Balaban J connectivity index is 2.45. The summed E-state index contributed by atoms with van der Waals surface area (Å²) in [5.41, 5.74) is 0. The number of thiophene rings is 1. The zero-order chi connectivity index (χ0) is 12.0. The number of nitrogens with one attached hydrogen (secondary N) is 1. The predicted molar refractivity (Wildman–Crippen MR) is 74.8 cm³/mol. The molecule has 0 radical (unpaired) electrons. The molecule has 0 aliphatic rings. The van der Waals surface area contributed by atoms with Crippen LogP contribution in [0.5, 0.6) is 0 Å². The van der Waals surface area contributed by atoms with Gasteiger partial charge in [-0.15, -0.1) is 11.3 Å². The quantitative estimate of drug-likeness (QED) is 0.774. The van der Waals surface area contributed by atoms with Crippen LogP contribution in [0.2, 0.25) is 0 Å². The van der Waals surface area contributed by atoms with Crippen molar-refractivity contribution in [2.24, 2.45) is 0 Å². The predicted octanol–water partition coefficient (Wildman–Crippen LogP) is 2.93. The lowest BCUT2D eigenvalue weighted by atomic mass is 10.3. The van der Waals surface area contributed by atoms with Crippen LogP contribution in [0.3, 0.4) is 0 Å². The standard InChI is InChI=1S/C9H14BrNO2S3/c1-14-6-3-2-5-11-16(12,13)9-8(10)4-7-15-9/h4,7,11H,2-3,5-6H2,1H3. The van der Waals surface area contributed by atoms with Gasteiger partial charge in [0.1, 0.15) is 4.21 Å². The molecule has 0 saturated heterocycles. The first kappa shape index (κ1) is 14.5. The number of rotatable bonds is 7. The fourth-order valence-corrected chi connectivity index (χ4v) is 5.06. The van der Waals surface area contributed by atoms with E-state index >= 15 is 0 Å². The van der Waals surface area contributed by atoms with Gasteiger partial charge in [0.25, 0.3) is 10.0 Å². The fourth-order valence-electron chi connectivity index (χ4n) is 1.12. The summed E-state index contributed by atoms with van der Waals surface area (Å²) in [7, 11) is -3.32. The Labute approximate surface area is 113 Å². The van der Waals surface area contributed by atoms with E-state index in [0.717, 1.165) is 18.6 Å². The lowest BCUT2D eigenvalue weighted by Gasteiger charge is -2.04. The van der Waals surface area contributed by atoms with Crippen molar-refractivity contribution >= 4 is 49.1 Å². The van der Waals surface area contributed by atoms with Crippen LogP contribution in [0.4, 0.5) is 0 Å². The molecule has 3 nitrogen and oxygen atoms in total. The monoisotopic (exact) mass is 343 g/mol. The number of hydrogen-bond donors (Lipinski definition) is 1. The van der Waals surface area contributed by atoms with E-state index in [4.69, 9.17) is 0 Å². The SMILES string of the molecule is CSCCCCNS(=O)(=O)c1sccc1Br. The molecule has 0 aliphatic heterocycles. The minimum absolute atomic E-state index is 0.359. The van der Waals surface area contributed by atoms with E-state index in [0.29, 0.717) is 15.2 Å². The van der Waals surface area contributed by atoms with Crippen molar-refractivity contribution in [2.45, 2.75) is 17.1 Å². The number of sulfonamides is 1. The molecule has 0 saturated carbocycles. The van der Waals surface area contributed by atoms with Gasteiger partial charge in [0.05, 0.1) is 0 Å². The van der Waals surface area contributed by atoms with E-state index in [9.17, 15) is 8.42 Å². The highest BCUT2D eigenvalue weighted by atomic mass is 79.9. The maximum atomic E-state index is 11.8. The molecule has 0 unspecified atom stereocenters. The van der Waals surface area contributed by atoms with Gasteiger partial charge < -0.3 is 0 Å². The van der Waals surface area contributed by atoms with Gasteiger partial charge >= 0.3 is 0 Å². The Kier molecular flexibility index (Phi) is 6.35. The molecule has 16 heavy (non-hydrogen) atoms. The van der Waals surface area contributed by atoms with Gasteiger partial charge in [0.15, 0.2) is 0 Å². The summed E-state index contributed by atoms with van der Waals surface area (Å²) in [4.78, 5) is 0. The van der Waals surface area contributed by atoms with E-state index in [1.807, 2.05) is 6.26 Å². The van der Waals surface area contributed by atoms with E-state index in [1.54, 1.807) is 23.2 Å². The topological polar surface area (TPSA) is 46.2 Å². The first-order valence-electron chi connectivity index (χ1n) is 4.79. The van der Waals surface area contributed by atoms with E-state index in [2.05, 4.69) is 20.7 Å². The molecule has 92 valence electrons. The molecule has 0 aliphatic carbocycles. The molecule has 0 atom stereocenters. The molecule has 1 rings (SSSR count). The van der Waals surface area contributed by atoms with Crippen LogP contribution in [0, 0.1) is 0 Å². The molecule has 0 aromatic carbocycles. The second-order valence-corrected chi connectivity index (χ2v) is 7.87. The van der Waals surface area contributed by atoms with Crippen molar-refractivity contribution < 1.29 is 8.42 Å². The smallest absolute Gasteiger partial charge is 0.210 e. The minimum atomic E-state index is -3.32. The van der Waals surface area contributed by atoms with Crippen molar-refractivity contribution in [1.82, 2.24) is 4.72 Å². The van der Waals surface area contributed by atoms with E-state index in [1.165, 1.54) is 11.3 Å². The third kappa shape index (κ3) is 4.37. The molecule has 1 aromatic rings. The summed E-state index contributed by atoms with van der Waals surface area (Å²) in [5.74, 6) is 1.07. The van der Waals surface area contributed by atoms with E-state index in [-0.39, 0.29) is 0 Å². The van der Waals surface area contributed by atoms with Gasteiger partial charge in [-0.05, 0) is 52.2 Å². The van der Waals surface area contributed by atoms with Crippen molar-refractivity contribution in [3.8, 4) is 0 Å². The molecular weight excluding hydrogens is 330 g/mol. The maximum absolute atomic E-state index is 11.8. The van der Waals surface area contributed by atoms with Crippen LogP contribution < -0.4 is 4.72 Å². The van der Waals surface area contributed by atoms with Crippen LogP contribution in [0.25, 0.3) is 0 Å². The Morgan fingerprint density at radius 1 is 1.50 bits per heavy atom. The van der Waals surface area contributed by atoms with Gasteiger partial charge in [-0.1, -0.05) is 0 Å². The average Bonchev–Trinajstić information content (AvgIpc) is 2.65. The number of halogens is 1. The van der Waals surface area contributed by atoms with Crippen molar-refractivity contribution in [3.05, 3.63) is 15.9 Å². The highest BCUT2D eigenvalue weighted by molar-refractivity contribution is 9.10. The number of unbranched alkanes of at least 4 members (excludes halogenated alkanes) is 1. The van der Waals surface area contributed by atoms with Gasteiger partial charge in [0, 0.05) is 11.0 Å². The summed E-state index contributed by atoms with van der Waals surface area (Å²) in [6, 6.07) is 1.74. The van der Waals surface area contributed by atoms with Crippen molar-refractivity contribution in [3.63, 3.8) is 0 Å². The summed E-state index contributed by atoms with van der Waals surface area (Å²) in [5, 5.41) is 1.76. The molecule has 0 amide bonds. The maximum Gasteiger partial charge on any atom is 0.251 e. The van der Waals surface area contributed by atoms with Crippen LogP contribution in [-0.4, -0.2) is 27.0 Å². The molecule has 0 bridgehead atoms. The second kappa shape index (κ2) is 7.00. The molecule has 1 heterocycles. The fraction of sp³-hybridized carbons (Fsp3) is 0.556. The van der Waals surface area contributed by atoms with Crippen molar-refractivity contribution in [1.29, 1.82) is 0 Å². The molecular formula is C9H14BrNO2S3. The summed E-state index contributed by atoms with van der Waals surface area (Å²) in [6.07, 6.45) is 3.96. The molecule has 0 fully saturated rings. The number of hydrogen-bond acceptors (Lipinski definition) is 4. The first-order valence-corrected chi connectivity index (χ1v) is 9.34. The van der Waals surface area contributed by atoms with Gasteiger partial charge in [-0.25, -0.2) is 13.1 Å². The largest absolute Gasteiger partial charge is 0.251 e. The third-order valence-electron chi connectivity index (χ3n) is 1.90. The summed E-state index contributed by atoms with van der Waals surface area (Å²) < 4.78 is 27.2. The lowest BCUT2D eigenvalue weighted by molar-refractivity contribution is 0.580. The Morgan fingerprint density at radius 2 is 2.25 bits per heavy atom. The normalized spacial score (nSPS) is 11.9. The van der Waals surface area contributed by atoms with Gasteiger partial charge in [0.2, 0.25) is 0 Å². The van der Waals surface area contributed by atoms with E-state index < -0.39 is 10.0 Å². The average molecular weight is 344 g/mol. The van der Waals surface area contributed by atoms with Crippen LogP contribution in [0.15, 0.2) is 20.1 Å². The highest BCUT2D eigenvalue weighted by Gasteiger charge is 2.17. The Hall–Kier alpha value is 0.440. The zero-order valence-corrected chi connectivity index (χ0v) is 12.9. The minimum Gasteiger partial charge on any atom is -0.210 e. The van der Waals surface area contributed by atoms with Crippen LogP contribution in [-0.2, 0) is 10.0 Å². The molecule has 0 spiro atoms.